The number of rotatable bonds is 8. The van der Waals surface area contributed by atoms with Crippen molar-refractivity contribution >= 4 is 28.9 Å². The lowest BCUT2D eigenvalue weighted by Gasteiger charge is -2.25. The molecule has 2 rings (SSSR count). The van der Waals surface area contributed by atoms with Crippen molar-refractivity contribution in [1.29, 1.82) is 0 Å². The summed E-state index contributed by atoms with van der Waals surface area (Å²) in [6, 6.07) is 5.59. The third-order valence-electron chi connectivity index (χ3n) is 4.43. The fourth-order valence-electron chi connectivity index (χ4n) is 3.14. The van der Waals surface area contributed by atoms with Gasteiger partial charge in [-0.2, -0.15) is 0 Å². The summed E-state index contributed by atoms with van der Waals surface area (Å²) in [5.74, 6) is -1.60. The van der Waals surface area contributed by atoms with E-state index in [1.807, 2.05) is 38.1 Å². The first-order valence-electron chi connectivity index (χ1n) is 10.0. The Morgan fingerprint density at radius 1 is 1.10 bits per heavy atom. The van der Waals surface area contributed by atoms with E-state index in [0.29, 0.717) is 0 Å². The molecule has 0 saturated heterocycles. The molecule has 0 aliphatic rings. The number of aromatic amines is 1. The van der Waals surface area contributed by atoms with Crippen molar-refractivity contribution in [1.82, 2.24) is 15.6 Å². The summed E-state index contributed by atoms with van der Waals surface area (Å²) in [6.07, 6.45) is 1.51. The molecule has 0 unspecified atom stereocenters. The Kier molecular flexibility index (Phi) is 7.48. The van der Waals surface area contributed by atoms with Crippen LogP contribution in [0, 0.1) is 5.92 Å². The fraction of sp³-hybridized carbons (Fsp3) is 0.500. The number of aromatic nitrogens is 1. The van der Waals surface area contributed by atoms with Crippen LogP contribution >= 0.6 is 0 Å². The van der Waals surface area contributed by atoms with Gasteiger partial charge in [0.25, 0.3) is 0 Å². The summed E-state index contributed by atoms with van der Waals surface area (Å²) in [7, 11) is 0. The number of fused-ring (bicyclic) bond motifs is 1. The van der Waals surface area contributed by atoms with Crippen LogP contribution in [0.3, 0.4) is 0 Å². The van der Waals surface area contributed by atoms with Gasteiger partial charge in [-0.25, -0.2) is 9.59 Å². The number of carboxylic acid groups (broad SMARTS) is 1. The zero-order valence-corrected chi connectivity index (χ0v) is 18.1. The largest absolute Gasteiger partial charge is 0.480 e. The maximum Gasteiger partial charge on any atom is 0.408 e. The number of nitrogens with one attached hydrogen (secondary N) is 3. The summed E-state index contributed by atoms with van der Waals surface area (Å²) in [6.45, 7) is 8.94. The van der Waals surface area contributed by atoms with E-state index in [-0.39, 0.29) is 18.8 Å². The summed E-state index contributed by atoms with van der Waals surface area (Å²) in [5.41, 5.74) is 1.01. The number of para-hydroxylation sites is 1. The zero-order chi connectivity index (χ0) is 22.5. The van der Waals surface area contributed by atoms with Crippen molar-refractivity contribution in [2.24, 2.45) is 5.92 Å². The number of ether oxygens (including phenoxy) is 1. The molecule has 2 amide bonds. The molecule has 8 heteroatoms. The number of carbonyl (C=O) groups excluding carboxylic acids is 2. The van der Waals surface area contributed by atoms with Crippen LogP contribution in [0.5, 0.6) is 0 Å². The van der Waals surface area contributed by atoms with Crippen LogP contribution < -0.4 is 10.6 Å². The maximum atomic E-state index is 12.9. The zero-order valence-electron chi connectivity index (χ0n) is 18.1. The Morgan fingerprint density at radius 2 is 1.77 bits per heavy atom. The SMILES string of the molecule is CC(C)C[C@H](NC(=O)[C@H](Cc1c[nH]c2ccccc12)NC(=O)OC(C)(C)C)C(=O)O. The summed E-state index contributed by atoms with van der Waals surface area (Å²) in [5, 5.41) is 15.5. The number of carboxylic acids is 1. The normalized spacial score (nSPS) is 13.7. The Balaban J connectivity index is 2.24. The van der Waals surface area contributed by atoms with Crippen LogP contribution in [-0.2, 0) is 20.7 Å². The van der Waals surface area contributed by atoms with Gasteiger partial charge < -0.3 is 25.5 Å². The topological polar surface area (TPSA) is 121 Å². The number of benzene rings is 1. The van der Waals surface area contributed by atoms with Crippen LogP contribution in [0.1, 0.15) is 46.6 Å². The molecule has 0 spiro atoms. The van der Waals surface area contributed by atoms with Gasteiger partial charge in [0, 0.05) is 23.5 Å². The van der Waals surface area contributed by atoms with Crippen LogP contribution in [0.25, 0.3) is 10.9 Å². The van der Waals surface area contributed by atoms with Crippen LogP contribution in [0.15, 0.2) is 30.5 Å². The predicted octanol–water partition coefficient (Wildman–Crippen LogP) is 3.22. The van der Waals surface area contributed by atoms with Gasteiger partial charge >= 0.3 is 12.1 Å². The lowest BCUT2D eigenvalue weighted by molar-refractivity contribution is -0.142. The van der Waals surface area contributed by atoms with Gasteiger partial charge in [-0.1, -0.05) is 32.0 Å². The lowest BCUT2D eigenvalue weighted by Crippen LogP contribution is -2.53. The molecule has 30 heavy (non-hydrogen) atoms. The fourth-order valence-corrected chi connectivity index (χ4v) is 3.14. The third kappa shape index (κ3) is 6.79. The van der Waals surface area contributed by atoms with E-state index in [1.165, 1.54) is 0 Å². The summed E-state index contributed by atoms with van der Waals surface area (Å²) < 4.78 is 5.29. The lowest BCUT2D eigenvalue weighted by atomic mass is 10.0. The molecule has 1 heterocycles. The average molecular weight is 418 g/mol. The predicted molar refractivity (Wildman–Crippen MR) is 114 cm³/mol. The van der Waals surface area contributed by atoms with Crippen molar-refractivity contribution < 1.29 is 24.2 Å². The number of alkyl carbamates (subject to hydrolysis) is 1. The molecule has 0 fully saturated rings. The summed E-state index contributed by atoms with van der Waals surface area (Å²) >= 11 is 0. The highest BCUT2D eigenvalue weighted by Gasteiger charge is 2.29. The average Bonchev–Trinajstić information content (AvgIpc) is 3.01. The number of hydrogen-bond acceptors (Lipinski definition) is 4. The van der Waals surface area contributed by atoms with E-state index in [9.17, 15) is 19.5 Å². The van der Waals surface area contributed by atoms with Gasteiger partial charge in [0.1, 0.15) is 17.7 Å². The molecular weight excluding hydrogens is 386 g/mol. The monoisotopic (exact) mass is 417 g/mol. The second-order valence-electron chi connectivity index (χ2n) is 8.79. The Morgan fingerprint density at radius 3 is 2.37 bits per heavy atom. The summed E-state index contributed by atoms with van der Waals surface area (Å²) in [4.78, 5) is 40.0. The first-order valence-corrected chi connectivity index (χ1v) is 10.0. The van der Waals surface area contributed by atoms with E-state index in [1.54, 1.807) is 27.0 Å². The molecule has 8 nitrogen and oxygen atoms in total. The van der Waals surface area contributed by atoms with E-state index in [4.69, 9.17) is 4.74 Å². The molecule has 164 valence electrons. The molecule has 1 aromatic carbocycles. The molecule has 0 aliphatic heterocycles. The number of carbonyl (C=O) groups is 3. The van der Waals surface area contributed by atoms with Gasteiger partial charge in [-0.05, 0) is 44.7 Å². The quantitative estimate of drug-likeness (QED) is 0.526. The van der Waals surface area contributed by atoms with Gasteiger partial charge in [0.05, 0.1) is 0 Å². The number of hydrogen-bond donors (Lipinski definition) is 4. The minimum Gasteiger partial charge on any atom is -0.480 e. The number of H-pyrrole nitrogens is 1. The maximum absolute atomic E-state index is 12.9. The van der Waals surface area contributed by atoms with E-state index in [0.717, 1.165) is 16.5 Å². The number of aliphatic carboxylic acids is 1. The van der Waals surface area contributed by atoms with E-state index < -0.39 is 35.7 Å². The van der Waals surface area contributed by atoms with Crippen molar-refractivity contribution in [3.63, 3.8) is 0 Å². The third-order valence-corrected chi connectivity index (χ3v) is 4.43. The molecule has 1 aromatic heterocycles. The molecule has 2 atom stereocenters. The highest BCUT2D eigenvalue weighted by molar-refractivity contribution is 5.90. The molecule has 0 bridgehead atoms. The van der Waals surface area contributed by atoms with E-state index in [2.05, 4.69) is 15.6 Å². The van der Waals surface area contributed by atoms with Gasteiger partial charge in [-0.15, -0.1) is 0 Å². The van der Waals surface area contributed by atoms with Crippen LogP contribution in [0.2, 0.25) is 0 Å². The second-order valence-corrected chi connectivity index (χ2v) is 8.79. The molecular formula is C22H31N3O5. The Labute approximate surface area is 176 Å². The highest BCUT2D eigenvalue weighted by Crippen LogP contribution is 2.19. The van der Waals surface area contributed by atoms with Gasteiger partial charge in [0.2, 0.25) is 5.91 Å². The minimum absolute atomic E-state index is 0.0808. The molecule has 4 N–H and O–H groups in total. The number of amides is 2. The Hall–Kier alpha value is -3.03. The van der Waals surface area contributed by atoms with Gasteiger partial charge in [0.15, 0.2) is 0 Å². The van der Waals surface area contributed by atoms with Crippen LogP contribution in [0.4, 0.5) is 4.79 Å². The first-order chi connectivity index (χ1) is 14.0. The highest BCUT2D eigenvalue weighted by atomic mass is 16.6. The minimum atomic E-state index is -1.11. The van der Waals surface area contributed by atoms with Gasteiger partial charge in [-0.3, -0.25) is 4.79 Å². The smallest absolute Gasteiger partial charge is 0.408 e. The molecule has 0 saturated carbocycles. The second kappa shape index (κ2) is 9.65. The first kappa shape index (κ1) is 23.3. The standard InChI is InChI=1S/C22H31N3O5/c1-13(2)10-18(20(27)28)24-19(26)17(25-21(29)30-22(3,4)5)11-14-12-23-16-9-7-6-8-15(14)16/h6-9,12-13,17-18,23H,10-11H2,1-5H3,(H,24,26)(H,25,29)(H,27,28)/t17-,18-/m0/s1. The van der Waals surface area contributed by atoms with Crippen molar-refractivity contribution in [2.45, 2.75) is 65.1 Å². The Bertz CT molecular complexity index is 898. The van der Waals surface area contributed by atoms with Crippen molar-refractivity contribution in [3.05, 3.63) is 36.0 Å². The van der Waals surface area contributed by atoms with Crippen molar-refractivity contribution in [3.8, 4) is 0 Å². The molecule has 2 aromatic rings. The van der Waals surface area contributed by atoms with E-state index >= 15 is 0 Å². The van der Waals surface area contributed by atoms with Crippen LogP contribution in [-0.4, -0.2) is 45.7 Å². The molecule has 0 aliphatic carbocycles. The van der Waals surface area contributed by atoms with Crippen molar-refractivity contribution in [2.75, 3.05) is 0 Å². The molecule has 0 radical (unpaired) electrons.